The van der Waals surface area contributed by atoms with Crippen molar-refractivity contribution < 1.29 is 19.1 Å². The van der Waals surface area contributed by atoms with Gasteiger partial charge >= 0.3 is 0 Å². The van der Waals surface area contributed by atoms with Crippen molar-refractivity contribution in [1.82, 2.24) is 9.80 Å². The maximum atomic E-state index is 11.9. The van der Waals surface area contributed by atoms with Crippen LogP contribution < -0.4 is 0 Å². The smallest absolute Gasteiger partial charge is 0.248 e. The van der Waals surface area contributed by atoms with Crippen LogP contribution in [0.15, 0.2) is 0 Å². The standard InChI is InChI=1S/C16H26N2O4/c1-12(19)18-6-7-22-15-9-13(8-14(15)18)10-21-11-16(20)17-4-2-3-5-17/h13-15H,2-11H2,1H3. The van der Waals surface area contributed by atoms with Gasteiger partial charge in [-0.3, -0.25) is 9.59 Å². The number of fused-ring (bicyclic) bond motifs is 1. The molecule has 0 aromatic carbocycles. The van der Waals surface area contributed by atoms with Crippen molar-refractivity contribution in [2.75, 3.05) is 39.5 Å². The molecule has 6 nitrogen and oxygen atoms in total. The molecule has 0 N–H and O–H groups in total. The Morgan fingerprint density at radius 3 is 2.68 bits per heavy atom. The number of amides is 2. The Morgan fingerprint density at radius 1 is 1.18 bits per heavy atom. The Bertz CT molecular complexity index is 422. The molecule has 0 aromatic heterocycles. The molecule has 0 aromatic rings. The highest BCUT2D eigenvalue weighted by Gasteiger charge is 2.42. The zero-order valence-corrected chi connectivity index (χ0v) is 13.3. The van der Waals surface area contributed by atoms with Crippen LogP contribution in [0, 0.1) is 5.92 Å². The van der Waals surface area contributed by atoms with E-state index in [0.29, 0.717) is 25.7 Å². The van der Waals surface area contributed by atoms with Crippen molar-refractivity contribution >= 4 is 11.8 Å². The van der Waals surface area contributed by atoms with Crippen LogP contribution in [0.25, 0.3) is 0 Å². The van der Waals surface area contributed by atoms with Crippen LogP contribution in [0.1, 0.15) is 32.6 Å². The predicted molar refractivity (Wildman–Crippen MR) is 80.3 cm³/mol. The fourth-order valence-corrected chi connectivity index (χ4v) is 3.95. The largest absolute Gasteiger partial charge is 0.374 e. The van der Waals surface area contributed by atoms with Crippen LogP contribution in [-0.2, 0) is 19.1 Å². The molecule has 1 saturated carbocycles. The Kier molecular flexibility index (Phi) is 4.98. The van der Waals surface area contributed by atoms with Crippen molar-refractivity contribution in [3.05, 3.63) is 0 Å². The topological polar surface area (TPSA) is 59.1 Å². The summed E-state index contributed by atoms with van der Waals surface area (Å²) in [6.45, 7) is 5.46. The minimum atomic E-state index is 0.106. The number of carbonyl (C=O) groups is 2. The average Bonchev–Trinajstić information content (AvgIpc) is 3.15. The maximum Gasteiger partial charge on any atom is 0.248 e. The normalized spacial score (nSPS) is 31.4. The zero-order chi connectivity index (χ0) is 15.5. The minimum Gasteiger partial charge on any atom is -0.374 e. The molecule has 2 aliphatic heterocycles. The summed E-state index contributed by atoms with van der Waals surface area (Å²) in [6.07, 6.45) is 4.20. The molecule has 6 heteroatoms. The molecule has 3 fully saturated rings. The van der Waals surface area contributed by atoms with E-state index in [2.05, 4.69) is 0 Å². The second-order valence-corrected chi connectivity index (χ2v) is 6.63. The summed E-state index contributed by atoms with van der Waals surface area (Å²) in [6, 6.07) is 0.189. The molecule has 124 valence electrons. The number of nitrogens with zero attached hydrogens (tertiary/aromatic N) is 2. The van der Waals surface area contributed by atoms with Gasteiger partial charge in [0.1, 0.15) is 6.61 Å². The summed E-state index contributed by atoms with van der Waals surface area (Å²) in [5, 5.41) is 0. The first-order valence-electron chi connectivity index (χ1n) is 8.39. The van der Waals surface area contributed by atoms with E-state index in [1.807, 2.05) is 9.80 Å². The summed E-state index contributed by atoms with van der Waals surface area (Å²) in [5.41, 5.74) is 0. The Labute approximate surface area is 131 Å². The van der Waals surface area contributed by atoms with Crippen LogP contribution in [0.2, 0.25) is 0 Å². The number of morpholine rings is 1. The third-order valence-corrected chi connectivity index (χ3v) is 5.08. The lowest BCUT2D eigenvalue weighted by molar-refractivity contribution is -0.141. The SMILES string of the molecule is CC(=O)N1CCOC2CC(COCC(=O)N3CCCC3)CC21. The first-order valence-corrected chi connectivity index (χ1v) is 8.39. The summed E-state index contributed by atoms with van der Waals surface area (Å²) in [7, 11) is 0. The van der Waals surface area contributed by atoms with E-state index in [1.165, 1.54) is 0 Å². The van der Waals surface area contributed by atoms with E-state index in [-0.39, 0.29) is 30.6 Å². The predicted octanol–water partition coefficient (Wildman–Crippen LogP) is 0.651. The number of rotatable bonds is 4. The van der Waals surface area contributed by atoms with Crippen molar-refractivity contribution in [2.24, 2.45) is 5.92 Å². The number of hydrogen-bond donors (Lipinski definition) is 0. The van der Waals surface area contributed by atoms with Gasteiger partial charge in [0.2, 0.25) is 11.8 Å². The van der Waals surface area contributed by atoms with Gasteiger partial charge in [0.15, 0.2) is 0 Å². The van der Waals surface area contributed by atoms with E-state index in [4.69, 9.17) is 9.47 Å². The molecular formula is C16H26N2O4. The third kappa shape index (κ3) is 3.43. The molecule has 3 aliphatic rings. The van der Waals surface area contributed by atoms with Crippen molar-refractivity contribution in [1.29, 1.82) is 0 Å². The monoisotopic (exact) mass is 310 g/mol. The Balaban J connectivity index is 1.42. The number of carbonyl (C=O) groups excluding carboxylic acids is 2. The number of ether oxygens (including phenoxy) is 2. The molecule has 3 unspecified atom stereocenters. The van der Waals surface area contributed by atoms with Gasteiger partial charge in [0.25, 0.3) is 0 Å². The van der Waals surface area contributed by atoms with E-state index in [1.54, 1.807) is 6.92 Å². The van der Waals surface area contributed by atoms with Crippen molar-refractivity contribution in [3.63, 3.8) is 0 Å². The first-order chi connectivity index (χ1) is 10.6. The minimum absolute atomic E-state index is 0.106. The van der Waals surface area contributed by atoms with Crippen LogP contribution in [-0.4, -0.2) is 73.2 Å². The molecular weight excluding hydrogens is 284 g/mol. The Hall–Kier alpha value is -1.14. The van der Waals surface area contributed by atoms with Gasteiger partial charge in [-0.1, -0.05) is 0 Å². The zero-order valence-electron chi connectivity index (χ0n) is 13.3. The summed E-state index contributed by atoms with van der Waals surface area (Å²) >= 11 is 0. The lowest BCUT2D eigenvalue weighted by atomic mass is 10.1. The van der Waals surface area contributed by atoms with Gasteiger partial charge in [0.05, 0.1) is 25.4 Å². The molecule has 1 aliphatic carbocycles. The quantitative estimate of drug-likeness (QED) is 0.765. The number of likely N-dealkylation sites (tertiary alicyclic amines) is 1. The van der Waals surface area contributed by atoms with E-state index < -0.39 is 0 Å². The maximum absolute atomic E-state index is 11.9. The fourth-order valence-electron chi connectivity index (χ4n) is 3.95. The Morgan fingerprint density at radius 2 is 1.95 bits per heavy atom. The van der Waals surface area contributed by atoms with Crippen LogP contribution in [0.4, 0.5) is 0 Å². The van der Waals surface area contributed by atoms with E-state index in [9.17, 15) is 9.59 Å². The second-order valence-electron chi connectivity index (χ2n) is 6.63. The van der Waals surface area contributed by atoms with E-state index in [0.717, 1.165) is 38.8 Å². The second kappa shape index (κ2) is 6.96. The highest BCUT2D eigenvalue weighted by atomic mass is 16.5. The van der Waals surface area contributed by atoms with Crippen LogP contribution in [0.5, 0.6) is 0 Å². The molecule has 2 heterocycles. The van der Waals surface area contributed by atoms with Gasteiger partial charge in [-0.05, 0) is 31.6 Å². The van der Waals surface area contributed by atoms with Crippen molar-refractivity contribution in [2.45, 2.75) is 44.8 Å². The molecule has 2 amide bonds. The third-order valence-electron chi connectivity index (χ3n) is 5.08. The van der Waals surface area contributed by atoms with Crippen LogP contribution >= 0.6 is 0 Å². The average molecular weight is 310 g/mol. The first kappa shape index (κ1) is 15.7. The molecule has 3 rings (SSSR count). The molecule has 0 bridgehead atoms. The van der Waals surface area contributed by atoms with Gasteiger partial charge in [-0.2, -0.15) is 0 Å². The molecule has 3 atom stereocenters. The molecule has 0 spiro atoms. The highest BCUT2D eigenvalue weighted by molar-refractivity contribution is 5.77. The molecule has 22 heavy (non-hydrogen) atoms. The summed E-state index contributed by atoms with van der Waals surface area (Å²) in [5.74, 6) is 0.611. The fraction of sp³-hybridized carbons (Fsp3) is 0.875. The van der Waals surface area contributed by atoms with Gasteiger partial charge in [0, 0.05) is 26.6 Å². The van der Waals surface area contributed by atoms with Gasteiger partial charge < -0.3 is 19.3 Å². The summed E-state index contributed by atoms with van der Waals surface area (Å²) in [4.78, 5) is 27.4. The van der Waals surface area contributed by atoms with Gasteiger partial charge in [-0.15, -0.1) is 0 Å². The highest BCUT2D eigenvalue weighted by Crippen LogP contribution is 2.34. The van der Waals surface area contributed by atoms with Crippen molar-refractivity contribution in [3.8, 4) is 0 Å². The van der Waals surface area contributed by atoms with Gasteiger partial charge in [-0.25, -0.2) is 0 Å². The lowest BCUT2D eigenvalue weighted by Crippen LogP contribution is -2.50. The van der Waals surface area contributed by atoms with E-state index >= 15 is 0 Å². The lowest BCUT2D eigenvalue weighted by Gasteiger charge is -2.37. The summed E-state index contributed by atoms with van der Waals surface area (Å²) < 4.78 is 11.4. The number of hydrogen-bond acceptors (Lipinski definition) is 4. The molecule has 0 radical (unpaired) electrons. The molecule has 2 saturated heterocycles. The van der Waals surface area contributed by atoms with Crippen LogP contribution in [0.3, 0.4) is 0 Å².